The fourth-order valence-corrected chi connectivity index (χ4v) is 4.76. The van der Waals surface area contributed by atoms with Crippen molar-refractivity contribution in [2.45, 2.75) is 39.3 Å². The average molecular weight is 290 g/mol. The van der Waals surface area contributed by atoms with E-state index in [1.165, 1.54) is 0 Å². The van der Waals surface area contributed by atoms with Crippen LogP contribution in [-0.2, 0) is 0 Å². The lowest BCUT2D eigenvalue weighted by atomic mass is 10.0. The molecule has 2 aromatic rings. The van der Waals surface area contributed by atoms with Gasteiger partial charge in [-0.3, -0.25) is 0 Å². The second-order valence-corrected chi connectivity index (χ2v) is 6.95. The zero-order valence-corrected chi connectivity index (χ0v) is 12.3. The first-order chi connectivity index (χ1) is 9.06. The molecule has 0 aromatic heterocycles. The molecule has 0 spiro atoms. The third kappa shape index (κ3) is 2.19. The van der Waals surface area contributed by atoms with E-state index < -0.39 is 0 Å². The Morgan fingerprint density at radius 2 is 1.63 bits per heavy atom. The second kappa shape index (κ2) is 4.69. The summed E-state index contributed by atoms with van der Waals surface area (Å²) in [5.41, 5.74) is 1.01. The highest BCUT2D eigenvalue weighted by Crippen LogP contribution is 2.53. The van der Waals surface area contributed by atoms with Gasteiger partial charge in [0.2, 0.25) is 0 Å². The molecule has 19 heavy (non-hydrogen) atoms. The third-order valence-corrected chi connectivity index (χ3v) is 5.67. The van der Waals surface area contributed by atoms with Crippen LogP contribution in [0.4, 0.5) is 0 Å². The summed E-state index contributed by atoms with van der Waals surface area (Å²) in [6.07, 6.45) is 0. The van der Waals surface area contributed by atoms with Crippen molar-refractivity contribution in [3.05, 3.63) is 35.9 Å². The summed E-state index contributed by atoms with van der Waals surface area (Å²) in [6.45, 7) is 4.18. The summed E-state index contributed by atoms with van der Waals surface area (Å²) in [7, 11) is 0. The van der Waals surface area contributed by atoms with Gasteiger partial charge < -0.3 is 10.2 Å². The molecule has 0 radical (unpaired) electrons. The van der Waals surface area contributed by atoms with Gasteiger partial charge in [-0.1, -0.05) is 37.4 Å². The van der Waals surface area contributed by atoms with Crippen LogP contribution < -0.4 is 0 Å². The van der Waals surface area contributed by atoms with Crippen molar-refractivity contribution in [2.24, 2.45) is 0 Å². The monoisotopic (exact) mass is 290 g/mol. The van der Waals surface area contributed by atoms with Crippen LogP contribution in [0.2, 0.25) is 0 Å². The molecule has 4 heteroatoms. The normalized spacial score (nSPS) is 13.2. The lowest BCUT2D eigenvalue weighted by molar-refractivity contribution is 0.460. The molecule has 0 unspecified atom stereocenters. The first-order valence-electron chi connectivity index (χ1n) is 6.11. The first-order valence-corrected chi connectivity index (χ1v) is 7.74. The molecule has 1 heterocycles. The van der Waals surface area contributed by atoms with Crippen molar-refractivity contribution in [1.82, 2.24) is 0 Å². The van der Waals surface area contributed by atoms with Gasteiger partial charge in [-0.15, -0.1) is 0 Å². The zero-order valence-electron chi connectivity index (χ0n) is 10.7. The molecule has 0 amide bonds. The molecule has 1 aliphatic rings. The van der Waals surface area contributed by atoms with E-state index >= 15 is 0 Å². The minimum absolute atomic E-state index is 0.279. The van der Waals surface area contributed by atoms with E-state index in [2.05, 4.69) is 13.8 Å². The fraction of sp³-hybridized carbons (Fsp3) is 0.200. The van der Waals surface area contributed by atoms with E-state index in [4.69, 9.17) is 0 Å². The van der Waals surface area contributed by atoms with Crippen LogP contribution in [0.1, 0.15) is 25.3 Å². The van der Waals surface area contributed by atoms with E-state index in [9.17, 15) is 10.2 Å². The van der Waals surface area contributed by atoms with E-state index in [1.54, 1.807) is 41.7 Å². The summed E-state index contributed by atoms with van der Waals surface area (Å²) in [5.74, 6) is 0.934. The van der Waals surface area contributed by atoms with E-state index in [0.29, 0.717) is 5.75 Å². The van der Waals surface area contributed by atoms with Gasteiger partial charge in [-0.2, -0.15) is 0 Å². The Balaban J connectivity index is 2.14. The predicted octanol–water partition coefficient (Wildman–Crippen LogP) is 4.84. The molecule has 0 saturated carbocycles. The molecule has 3 rings (SSSR count). The Hall–Kier alpha value is -1.26. The molecule has 2 nitrogen and oxygen atoms in total. The highest BCUT2D eigenvalue weighted by atomic mass is 32.2. The number of benzene rings is 2. The van der Waals surface area contributed by atoms with Gasteiger partial charge >= 0.3 is 0 Å². The van der Waals surface area contributed by atoms with Gasteiger partial charge in [0.1, 0.15) is 11.5 Å². The first kappa shape index (κ1) is 12.8. The van der Waals surface area contributed by atoms with Crippen molar-refractivity contribution >= 4 is 23.5 Å². The standard InChI is InChI=1S/C15H14O2S2/c1-8(2)14-10(17)4-6-12-15(14)19-11-5-3-9(16)7-13(11)18-12/h3-8,16-17H,1-2H3. The van der Waals surface area contributed by atoms with E-state index in [0.717, 1.165) is 25.1 Å². The van der Waals surface area contributed by atoms with Crippen LogP contribution in [0.25, 0.3) is 0 Å². The maximum atomic E-state index is 10.1. The van der Waals surface area contributed by atoms with Gasteiger partial charge in [0.05, 0.1) is 0 Å². The highest BCUT2D eigenvalue weighted by molar-refractivity contribution is 8.05. The number of fused-ring (bicyclic) bond motifs is 2. The summed E-state index contributed by atoms with van der Waals surface area (Å²) >= 11 is 3.31. The summed E-state index contributed by atoms with van der Waals surface area (Å²) in [4.78, 5) is 4.48. The van der Waals surface area contributed by atoms with Gasteiger partial charge in [0.15, 0.2) is 0 Å². The molecule has 0 fully saturated rings. The van der Waals surface area contributed by atoms with E-state index in [1.807, 2.05) is 12.1 Å². The van der Waals surface area contributed by atoms with E-state index in [-0.39, 0.29) is 11.7 Å². The smallest absolute Gasteiger partial charge is 0.120 e. The Morgan fingerprint density at radius 1 is 0.895 bits per heavy atom. The summed E-state index contributed by atoms with van der Waals surface area (Å²) in [6, 6.07) is 9.13. The Kier molecular flexibility index (Phi) is 3.15. The summed E-state index contributed by atoms with van der Waals surface area (Å²) < 4.78 is 0. The molecule has 0 atom stereocenters. The van der Waals surface area contributed by atoms with Crippen molar-refractivity contribution in [2.75, 3.05) is 0 Å². The van der Waals surface area contributed by atoms with Gasteiger partial charge in [0.25, 0.3) is 0 Å². The topological polar surface area (TPSA) is 40.5 Å². The minimum Gasteiger partial charge on any atom is -0.508 e. The average Bonchev–Trinajstić information content (AvgIpc) is 2.36. The lowest BCUT2D eigenvalue weighted by Gasteiger charge is -2.23. The SMILES string of the molecule is CC(C)c1c(O)ccc2c1Sc1ccc(O)cc1S2. The second-order valence-electron chi connectivity index (χ2n) is 4.82. The van der Waals surface area contributed by atoms with Crippen molar-refractivity contribution in [3.63, 3.8) is 0 Å². The Labute approximate surface area is 120 Å². The quantitative estimate of drug-likeness (QED) is 0.673. The number of phenolic OH excluding ortho intramolecular Hbond substituents is 2. The van der Waals surface area contributed by atoms with Crippen LogP contribution in [0.15, 0.2) is 49.9 Å². The Bertz CT molecular complexity index is 651. The molecule has 0 saturated heterocycles. The van der Waals surface area contributed by atoms with Crippen molar-refractivity contribution in [1.29, 1.82) is 0 Å². The molecule has 2 aromatic carbocycles. The third-order valence-electron chi connectivity index (χ3n) is 3.07. The predicted molar refractivity (Wildman–Crippen MR) is 78.5 cm³/mol. The maximum Gasteiger partial charge on any atom is 0.120 e. The largest absolute Gasteiger partial charge is 0.508 e. The number of aromatic hydroxyl groups is 2. The zero-order chi connectivity index (χ0) is 13.6. The number of phenols is 2. The fourth-order valence-electron chi connectivity index (χ4n) is 2.20. The highest BCUT2D eigenvalue weighted by Gasteiger charge is 2.23. The molecule has 2 N–H and O–H groups in total. The molecule has 1 aliphatic heterocycles. The molecular formula is C15H14O2S2. The van der Waals surface area contributed by atoms with Crippen LogP contribution in [0.3, 0.4) is 0 Å². The number of hydrogen-bond acceptors (Lipinski definition) is 4. The van der Waals surface area contributed by atoms with Gasteiger partial charge in [-0.05, 0) is 36.2 Å². The maximum absolute atomic E-state index is 10.1. The number of hydrogen-bond donors (Lipinski definition) is 2. The van der Waals surface area contributed by atoms with Gasteiger partial charge in [0, 0.05) is 25.1 Å². The van der Waals surface area contributed by atoms with Crippen molar-refractivity contribution in [3.8, 4) is 11.5 Å². The molecule has 0 bridgehead atoms. The van der Waals surface area contributed by atoms with Crippen LogP contribution in [0, 0.1) is 0 Å². The van der Waals surface area contributed by atoms with Gasteiger partial charge in [-0.25, -0.2) is 0 Å². The minimum atomic E-state index is 0.279. The van der Waals surface area contributed by atoms with Crippen LogP contribution in [-0.4, -0.2) is 10.2 Å². The van der Waals surface area contributed by atoms with Crippen LogP contribution >= 0.6 is 23.5 Å². The molecule has 98 valence electrons. The molecular weight excluding hydrogens is 276 g/mol. The van der Waals surface area contributed by atoms with Crippen LogP contribution in [0.5, 0.6) is 11.5 Å². The number of rotatable bonds is 1. The summed E-state index contributed by atoms with van der Waals surface area (Å²) in [5, 5.41) is 19.6. The molecule has 0 aliphatic carbocycles. The van der Waals surface area contributed by atoms with Crippen molar-refractivity contribution < 1.29 is 10.2 Å². The Morgan fingerprint density at radius 3 is 2.37 bits per heavy atom. The lowest BCUT2D eigenvalue weighted by Crippen LogP contribution is -1.97.